The number of amides is 2. The maximum Gasteiger partial charge on any atom is 0.415 e. The van der Waals surface area contributed by atoms with E-state index >= 15 is 0 Å². The van der Waals surface area contributed by atoms with Crippen LogP contribution in [0.4, 0.5) is 10.5 Å². The van der Waals surface area contributed by atoms with Crippen LogP contribution in [0.5, 0.6) is 0 Å². The summed E-state index contributed by atoms with van der Waals surface area (Å²) in [4.78, 5) is 38.9. The molecule has 2 rings (SSSR count). The van der Waals surface area contributed by atoms with Gasteiger partial charge in [-0.15, -0.1) is 0 Å². The lowest BCUT2D eigenvalue weighted by atomic mass is 10.2. The standard InChI is InChI=1S/C14H16N4O6S/c15-12(19)8-24-16-13-5-11(25)6-17(13)14(20)23-7-9-1-3-10(4-2-9)18(21)22/h1-4,11,25H,5-8H2,(H2,15,19). The molecule has 11 heteroatoms. The number of hydrogen-bond acceptors (Lipinski definition) is 8. The Hall–Kier alpha value is -2.82. The highest BCUT2D eigenvalue weighted by atomic mass is 32.1. The molecule has 1 fully saturated rings. The van der Waals surface area contributed by atoms with Crippen molar-refractivity contribution >= 4 is 36.2 Å². The molecule has 1 aromatic rings. The number of nitro benzene ring substituents is 1. The number of hydrogen-bond donors (Lipinski definition) is 2. The number of benzene rings is 1. The lowest BCUT2D eigenvalue weighted by Gasteiger charge is -2.16. The molecule has 0 radical (unpaired) electrons. The summed E-state index contributed by atoms with van der Waals surface area (Å²) >= 11 is 4.30. The molecule has 10 nitrogen and oxygen atoms in total. The number of amidine groups is 1. The van der Waals surface area contributed by atoms with Crippen LogP contribution in [0.1, 0.15) is 12.0 Å². The molecular formula is C14H16N4O6S. The Morgan fingerprint density at radius 2 is 2.08 bits per heavy atom. The Labute approximate surface area is 148 Å². The molecule has 134 valence electrons. The number of nitro groups is 1. The first-order valence-electron chi connectivity index (χ1n) is 7.19. The molecule has 1 aliphatic heterocycles. The summed E-state index contributed by atoms with van der Waals surface area (Å²) in [5.74, 6) is -0.396. The van der Waals surface area contributed by atoms with Crippen molar-refractivity contribution in [3.8, 4) is 0 Å². The molecule has 0 aliphatic carbocycles. The van der Waals surface area contributed by atoms with Gasteiger partial charge < -0.3 is 15.3 Å². The molecule has 1 aromatic carbocycles. The number of carbonyl (C=O) groups is 2. The topological polar surface area (TPSA) is 137 Å². The van der Waals surface area contributed by atoms with Gasteiger partial charge in [0.2, 0.25) is 0 Å². The van der Waals surface area contributed by atoms with Crippen LogP contribution in [0.2, 0.25) is 0 Å². The number of nitrogens with zero attached hydrogens (tertiary/aromatic N) is 3. The highest BCUT2D eigenvalue weighted by Crippen LogP contribution is 2.19. The summed E-state index contributed by atoms with van der Waals surface area (Å²) < 4.78 is 5.17. The lowest BCUT2D eigenvalue weighted by molar-refractivity contribution is -0.384. The molecule has 1 heterocycles. The number of ether oxygens (including phenoxy) is 1. The van der Waals surface area contributed by atoms with Crippen molar-refractivity contribution in [3.63, 3.8) is 0 Å². The highest BCUT2D eigenvalue weighted by molar-refractivity contribution is 7.81. The first kappa shape index (κ1) is 18.5. The van der Waals surface area contributed by atoms with Gasteiger partial charge in [0, 0.05) is 30.3 Å². The summed E-state index contributed by atoms with van der Waals surface area (Å²) in [6.45, 7) is -0.173. The average Bonchev–Trinajstić information content (AvgIpc) is 2.93. The van der Waals surface area contributed by atoms with Gasteiger partial charge in [-0.3, -0.25) is 19.8 Å². The van der Waals surface area contributed by atoms with Gasteiger partial charge in [-0.05, 0) is 17.7 Å². The van der Waals surface area contributed by atoms with Crippen molar-refractivity contribution in [1.82, 2.24) is 4.90 Å². The minimum Gasteiger partial charge on any atom is -0.444 e. The smallest absolute Gasteiger partial charge is 0.415 e. The third kappa shape index (κ3) is 5.35. The van der Waals surface area contributed by atoms with Gasteiger partial charge in [-0.1, -0.05) is 5.16 Å². The normalized spacial score (nSPS) is 18.2. The van der Waals surface area contributed by atoms with Gasteiger partial charge in [0.25, 0.3) is 11.6 Å². The zero-order chi connectivity index (χ0) is 18.4. The Bertz CT molecular complexity index is 693. The zero-order valence-corrected chi connectivity index (χ0v) is 13.9. The zero-order valence-electron chi connectivity index (χ0n) is 13.0. The van der Waals surface area contributed by atoms with Crippen molar-refractivity contribution in [2.45, 2.75) is 18.3 Å². The number of carbonyl (C=O) groups excluding carboxylic acids is 2. The van der Waals surface area contributed by atoms with E-state index in [1.54, 1.807) is 0 Å². The number of thiol groups is 1. The van der Waals surface area contributed by atoms with Crippen molar-refractivity contribution in [2.75, 3.05) is 13.2 Å². The van der Waals surface area contributed by atoms with Gasteiger partial charge in [0.1, 0.15) is 6.61 Å². The Balaban J connectivity index is 1.93. The number of nitrogens with two attached hydrogens (primary N) is 1. The van der Waals surface area contributed by atoms with E-state index in [1.807, 2.05) is 0 Å². The quantitative estimate of drug-likeness (QED) is 0.437. The second-order valence-corrected chi connectivity index (χ2v) is 5.92. The molecule has 0 bridgehead atoms. The second kappa shape index (κ2) is 8.33. The fourth-order valence-electron chi connectivity index (χ4n) is 2.08. The van der Waals surface area contributed by atoms with Crippen molar-refractivity contribution < 1.29 is 24.1 Å². The van der Waals surface area contributed by atoms with Crippen LogP contribution in [0.15, 0.2) is 29.4 Å². The number of primary amides is 1. The minimum absolute atomic E-state index is 0.0476. The van der Waals surface area contributed by atoms with E-state index in [2.05, 4.69) is 17.8 Å². The monoisotopic (exact) mass is 368 g/mol. The highest BCUT2D eigenvalue weighted by Gasteiger charge is 2.32. The molecule has 1 unspecified atom stereocenters. The van der Waals surface area contributed by atoms with Crippen LogP contribution in [-0.4, -0.2) is 46.1 Å². The fourth-order valence-corrected chi connectivity index (χ4v) is 2.40. The van der Waals surface area contributed by atoms with E-state index < -0.39 is 23.5 Å². The predicted octanol–water partition coefficient (Wildman–Crippen LogP) is 1.05. The van der Waals surface area contributed by atoms with Gasteiger partial charge in [0.15, 0.2) is 12.4 Å². The summed E-state index contributed by atoms with van der Waals surface area (Å²) in [5.41, 5.74) is 5.50. The van der Waals surface area contributed by atoms with E-state index in [1.165, 1.54) is 29.2 Å². The van der Waals surface area contributed by atoms with Crippen LogP contribution in [0.3, 0.4) is 0 Å². The SMILES string of the molecule is NC(=O)CON=C1CC(S)CN1C(=O)OCc1ccc([N+](=O)[O-])cc1. The maximum atomic E-state index is 12.2. The molecule has 0 aromatic heterocycles. The summed E-state index contributed by atoms with van der Waals surface area (Å²) in [7, 11) is 0. The van der Waals surface area contributed by atoms with Crippen LogP contribution < -0.4 is 5.73 Å². The van der Waals surface area contributed by atoms with Crippen LogP contribution in [-0.2, 0) is 21.0 Å². The van der Waals surface area contributed by atoms with Crippen LogP contribution in [0.25, 0.3) is 0 Å². The Kier molecular flexibility index (Phi) is 6.17. The van der Waals surface area contributed by atoms with E-state index in [4.69, 9.17) is 15.3 Å². The first-order chi connectivity index (χ1) is 11.9. The van der Waals surface area contributed by atoms with Crippen LogP contribution in [0, 0.1) is 10.1 Å². The fraction of sp³-hybridized carbons (Fsp3) is 0.357. The molecule has 1 aliphatic rings. The Morgan fingerprint density at radius 3 is 2.68 bits per heavy atom. The molecule has 1 saturated heterocycles. The van der Waals surface area contributed by atoms with Gasteiger partial charge in [0.05, 0.1) is 4.92 Å². The molecule has 2 amide bonds. The maximum absolute atomic E-state index is 12.2. The van der Waals surface area contributed by atoms with Crippen molar-refractivity contribution in [1.29, 1.82) is 0 Å². The number of oxime groups is 1. The molecule has 1 atom stereocenters. The van der Waals surface area contributed by atoms with E-state index in [0.29, 0.717) is 12.0 Å². The summed E-state index contributed by atoms with van der Waals surface area (Å²) in [6.07, 6.45) is -0.287. The van der Waals surface area contributed by atoms with Crippen molar-refractivity contribution in [2.24, 2.45) is 10.9 Å². The average molecular weight is 368 g/mol. The largest absolute Gasteiger partial charge is 0.444 e. The lowest BCUT2D eigenvalue weighted by Crippen LogP contribution is -2.33. The minimum atomic E-state index is -0.683. The van der Waals surface area contributed by atoms with Crippen LogP contribution >= 0.6 is 12.6 Å². The molecule has 2 N–H and O–H groups in total. The van der Waals surface area contributed by atoms with E-state index in [-0.39, 0.29) is 29.9 Å². The Morgan fingerprint density at radius 1 is 1.40 bits per heavy atom. The van der Waals surface area contributed by atoms with E-state index in [9.17, 15) is 19.7 Å². The number of non-ortho nitro benzene ring substituents is 1. The molecule has 0 spiro atoms. The molecule has 0 saturated carbocycles. The molecular weight excluding hydrogens is 352 g/mol. The summed E-state index contributed by atoms with van der Waals surface area (Å²) in [6, 6.07) is 5.66. The number of likely N-dealkylation sites (tertiary alicyclic amines) is 1. The van der Waals surface area contributed by atoms with Gasteiger partial charge in [-0.2, -0.15) is 12.6 Å². The second-order valence-electron chi connectivity index (χ2n) is 5.19. The first-order valence-corrected chi connectivity index (χ1v) is 7.71. The third-order valence-electron chi connectivity index (χ3n) is 3.23. The van der Waals surface area contributed by atoms with Gasteiger partial charge in [-0.25, -0.2) is 4.79 Å². The summed E-state index contributed by atoms with van der Waals surface area (Å²) in [5, 5.41) is 14.2. The third-order valence-corrected chi connectivity index (χ3v) is 3.58. The number of rotatable bonds is 6. The van der Waals surface area contributed by atoms with E-state index in [0.717, 1.165) is 0 Å². The van der Waals surface area contributed by atoms with Crippen molar-refractivity contribution in [3.05, 3.63) is 39.9 Å². The van der Waals surface area contributed by atoms with Gasteiger partial charge >= 0.3 is 6.09 Å². The predicted molar refractivity (Wildman–Crippen MR) is 90.0 cm³/mol. The molecule has 25 heavy (non-hydrogen) atoms.